The first kappa shape index (κ1) is 20.4. The molecule has 4 unspecified atom stereocenters. The molecule has 3 aliphatic carbocycles. The third kappa shape index (κ3) is 3.49. The first-order chi connectivity index (χ1) is 15.0. The summed E-state index contributed by atoms with van der Waals surface area (Å²) in [6.45, 7) is 8.06. The molecule has 1 aromatic carbocycles. The van der Waals surface area contributed by atoms with Crippen molar-refractivity contribution in [1.29, 1.82) is 0 Å². The van der Waals surface area contributed by atoms with Gasteiger partial charge in [-0.15, -0.1) is 6.58 Å². The molecule has 7 nitrogen and oxygen atoms in total. The van der Waals surface area contributed by atoms with Crippen molar-refractivity contribution in [3.8, 4) is 11.5 Å². The Labute approximate surface area is 183 Å². The van der Waals surface area contributed by atoms with Crippen molar-refractivity contribution in [2.24, 2.45) is 17.8 Å². The maximum absolute atomic E-state index is 13.4. The molecule has 3 saturated carbocycles. The molecule has 0 radical (unpaired) electrons. The molecule has 2 bridgehead atoms. The van der Waals surface area contributed by atoms with Crippen molar-refractivity contribution in [3.05, 3.63) is 36.4 Å². The smallest absolute Gasteiger partial charge is 0.258 e. The summed E-state index contributed by atoms with van der Waals surface area (Å²) in [5, 5.41) is 3.17. The van der Waals surface area contributed by atoms with Gasteiger partial charge in [0.05, 0.1) is 12.7 Å². The molecule has 0 aromatic heterocycles. The number of amides is 2. The Bertz CT molecular complexity index is 895. The second kappa shape index (κ2) is 7.86. The highest BCUT2D eigenvalue weighted by Crippen LogP contribution is 2.53. The van der Waals surface area contributed by atoms with Crippen molar-refractivity contribution in [2.45, 2.75) is 31.4 Å². The Morgan fingerprint density at radius 1 is 1.32 bits per heavy atom. The topological polar surface area (TPSA) is 71.1 Å². The highest BCUT2D eigenvalue weighted by atomic mass is 16.5. The van der Waals surface area contributed by atoms with Gasteiger partial charge in [-0.25, -0.2) is 0 Å². The number of piperazine rings is 1. The average molecular weight is 426 g/mol. The van der Waals surface area contributed by atoms with E-state index >= 15 is 0 Å². The van der Waals surface area contributed by atoms with Crippen LogP contribution in [0.25, 0.3) is 0 Å². The predicted molar refractivity (Wildman–Crippen MR) is 116 cm³/mol. The Kier molecular flexibility index (Phi) is 5.16. The van der Waals surface area contributed by atoms with Crippen LogP contribution in [-0.2, 0) is 4.79 Å². The normalized spacial score (nSPS) is 32.2. The molecule has 4 atom stereocenters. The molecule has 1 aromatic rings. The second-order valence-corrected chi connectivity index (χ2v) is 9.30. The van der Waals surface area contributed by atoms with E-state index in [9.17, 15) is 9.59 Å². The van der Waals surface area contributed by atoms with E-state index in [1.54, 1.807) is 25.3 Å². The van der Waals surface area contributed by atoms with Crippen LogP contribution < -0.4 is 14.8 Å². The molecule has 6 rings (SSSR count). The number of benzene rings is 1. The highest BCUT2D eigenvalue weighted by Gasteiger charge is 2.57. The fourth-order valence-corrected chi connectivity index (χ4v) is 5.99. The minimum Gasteiger partial charge on any atom is -0.497 e. The number of ether oxygens (including phenoxy) is 2. The number of nitrogens with one attached hydrogen (secondary N) is 1. The molecule has 7 heteroatoms. The van der Waals surface area contributed by atoms with Crippen LogP contribution in [0.15, 0.2) is 30.9 Å². The van der Waals surface area contributed by atoms with Gasteiger partial charge < -0.3 is 19.7 Å². The Hall–Kier alpha value is -2.54. The Balaban J connectivity index is 1.31. The van der Waals surface area contributed by atoms with Gasteiger partial charge in [0.15, 0.2) is 5.72 Å². The molecule has 4 fully saturated rings. The summed E-state index contributed by atoms with van der Waals surface area (Å²) in [6.07, 6.45) is 5.37. The lowest BCUT2D eigenvalue weighted by Crippen LogP contribution is -2.67. The third-order valence-corrected chi connectivity index (χ3v) is 7.66. The Morgan fingerprint density at radius 2 is 2.13 bits per heavy atom. The van der Waals surface area contributed by atoms with Crippen molar-refractivity contribution in [1.82, 2.24) is 15.1 Å². The van der Waals surface area contributed by atoms with E-state index in [4.69, 9.17) is 9.47 Å². The molecule has 1 saturated heterocycles. The van der Waals surface area contributed by atoms with Crippen LogP contribution in [0, 0.1) is 17.8 Å². The maximum Gasteiger partial charge on any atom is 0.258 e. The van der Waals surface area contributed by atoms with Crippen LogP contribution in [-0.4, -0.2) is 67.2 Å². The first-order valence-corrected chi connectivity index (χ1v) is 11.3. The number of hydrogen-bond donors (Lipinski definition) is 1. The molecular formula is C24H31N3O4. The minimum atomic E-state index is -0.710. The van der Waals surface area contributed by atoms with E-state index in [0.717, 1.165) is 52.0 Å². The van der Waals surface area contributed by atoms with Crippen molar-refractivity contribution >= 4 is 11.8 Å². The number of nitrogens with zero attached hydrogens (tertiary/aromatic N) is 2. The first-order valence-electron chi connectivity index (χ1n) is 11.3. The fourth-order valence-electron chi connectivity index (χ4n) is 5.99. The molecule has 2 amide bonds. The van der Waals surface area contributed by atoms with E-state index in [-0.39, 0.29) is 29.6 Å². The quantitative estimate of drug-likeness (QED) is 0.750. The zero-order valence-electron chi connectivity index (χ0n) is 18.1. The van der Waals surface area contributed by atoms with Gasteiger partial charge in [-0.1, -0.05) is 6.08 Å². The number of fused-ring (bicyclic) bond motifs is 3. The molecule has 2 heterocycles. The van der Waals surface area contributed by atoms with Crippen molar-refractivity contribution in [3.63, 3.8) is 0 Å². The molecule has 31 heavy (non-hydrogen) atoms. The highest BCUT2D eigenvalue weighted by molar-refractivity contribution is 5.98. The lowest BCUT2D eigenvalue weighted by atomic mass is 9.59. The molecule has 166 valence electrons. The van der Waals surface area contributed by atoms with Gasteiger partial charge in [0.1, 0.15) is 11.5 Å². The van der Waals surface area contributed by atoms with E-state index in [1.807, 2.05) is 11.0 Å². The van der Waals surface area contributed by atoms with Crippen LogP contribution >= 0.6 is 0 Å². The summed E-state index contributed by atoms with van der Waals surface area (Å²) in [4.78, 5) is 30.6. The zero-order chi connectivity index (χ0) is 21.6. The predicted octanol–water partition coefficient (Wildman–Crippen LogP) is 2.28. The zero-order valence-corrected chi connectivity index (χ0v) is 18.1. The molecule has 5 aliphatic rings. The van der Waals surface area contributed by atoms with Crippen LogP contribution in [0.5, 0.6) is 11.5 Å². The molecular weight excluding hydrogens is 394 g/mol. The van der Waals surface area contributed by atoms with Gasteiger partial charge in [-0.05, 0) is 37.3 Å². The van der Waals surface area contributed by atoms with Gasteiger partial charge >= 0.3 is 0 Å². The number of rotatable bonds is 4. The standard InChI is InChI=1S/C24H31N3O4/c1-3-8-26-9-11-27(12-10-26)23(29)20-13-17-5-4-16(20)15-24(17)25-22(28)19-7-6-18(30-2)14-21(19)31-24/h3,6-7,14,16-17,20H,1,4-5,8-13,15H2,2H3,(H,25,28). The lowest BCUT2D eigenvalue weighted by molar-refractivity contribution is -0.156. The summed E-state index contributed by atoms with van der Waals surface area (Å²) in [5.41, 5.74) is -0.170. The maximum atomic E-state index is 13.4. The monoisotopic (exact) mass is 425 g/mol. The largest absolute Gasteiger partial charge is 0.497 e. The van der Waals surface area contributed by atoms with Crippen LogP contribution in [0.3, 0.4) is 0 Å². The number of carbonyl (C=O) groups is 2. The van der Waals surface area contributed by atoms with Crippen LogP contribution in [0.2, 0.25) is 0 Å². The summed E-state index contributed by atoms with van der Waals surface area (Å²) in [5.74, 6) is 1.84. The fraction of sp³-hybridized carbons (Fsp3) is 0.583. The van der Waals surface area contributed by atoms with Crippen LogP contribution in [0.4, 0.5) is 0 Å². The Morgan fingerprint density at radius 3 is 2.81 bits per heavy atom. The van der Waals surface area contributed by atoms with Crippen LogP contribution in [0.1, 0.15) is 36.0 Å². The van der Waals surface area contributed by atoms with Gasteiger partial charge in [0, 0.05) is 57.0 Å². The summed E-state index contributed by atoms with van der Waals surface area (Å²) in [7, 11) is 1.61. The van der Waals surface area contributed by atoms with Crippen molar-refractivity contribution in [2.75, 3.05) is 39.8 Å². The lowest BCUT2D eigenvalue weighted by Gasteiger charge is -2.55. The minimum absolute atomic E-state index is 0.0301. The third-order valence-electron chi connectivity index (χ3n) is 7.66. The molecule has 1 N–H and O–H groups in total. The van der Waals surface area contributed by atoms with E-state index in [0.29, 0.717) is 23.5 Å². The summed E-state index contributed by atoms with van der Waals surface area (Å²) < 4.78 is 11.8. The average Bonchev–Trinajstić information content (AvgIpc) is 2.79. The van der Waals surface area contributed by atoms with Gasteiger partial charge in [0.25, 0.3) is 5.91 Å². The van der Waals surface area contributed by atoms with Crippen molar-refractivity contribution < 1.29 is 19.1 Å². The van der Waals surface area contributed by atoms with Gasteiger partial charge in [0.2, 0.25) is 5.91 Å². The number of carbonyl (C=O) groups excluding carboxylic acids is 2. The summed E-state index contributed by atoms with van der Waals surface area (Å²) >= 11 is 0. The van der Waals surface area contributed by atoms with E-state index in [1.165, 1.54) is 0 Å². The van der Waals surface area contributed by atoms with E-state index < -0.39 is 5.72 Å². The van der Waals surface area contributed by atoms with Gasteiger partial charge in [-0.3, -0.25) is 14.5 Å². The second-order valence-electron chi connectivity index (χ2n) is 9.30. The molecule has 2 aliphatic heterocycles. The molecule has 1 spiro atoms. The number of hydrogen-bond acceptors (Lipinski definition) is 5. The summed E-state index contributed by atoms with van der Waals surface area (Å²) in [6, 6.07) is 5.32. The SMILES string of the molecule is C=CCN1CCN(C(=O)C2CC3CCC2CC32NC(=O)c3ccc(OC)cc3O2)CC1. The van der Waals surface area contributed by atoms with E-state index in [2.05, 4.69) is 16.8 Å². The van der Waals surface area contributed by atoms with Gasteiger partial charge in [-0.2, -0.15) is 0 Å². The number of methoxy groups -OCH3 is 1.